The molecule has 98 valence electrons. The van der Waals surface area contributed by atoms with Gasteiger partial charge in [0.25, 0.3) is 0 Å². The van der Waals surface area contributed by atoms with Crippen LogP contribution in [0.3, 0.4) is 0 Å². The number of nitrogens with one attached hydrogen (secondary N) is 2. The molecule has 0 amide bonds. The van der Waals surface area contributed by atoms with Crippen molar-refractivity contribution in [2.45, 2.75) is 20.3 Å². The molecule has 0 atom stereocenters. The second-order valence-electron chi connectivity index (χ2n) is 4.04. The first-order valence-electron chi connectivity index (χ1n) is 6.00. The van der Waals surface area contributed by atoms with E-state index in [2.05, 4.69) is 44.8 Å². The summed E-state index contributed by atoms with van der Waals surface area (Å²) in [6.45, 7) is 3.84. The smallest absolute Gasteiger partial charge is 0.260 e. The number of rotatable bonds is 4. The summed E-state index contributed by atoms with van der Waals surface area (Å²) in [7, 11) is 0. The minimum atomic E-state index is -0.504. The molecule has 0 saturated heterocycles. The van der Waals surface area contributed by atoms with Gasteiger partial charge in [0, 0.05) is 0 Å². The SMILES string of the molecule is CCc1ccc(/C=N/Nc2nc(=O)[nH]nc2C)cc1. The van der Waals surface area contributed by atoms with Crippen molar-refractivity contribution in [3.05, 3.63) is 51.6 Å². The summed E-state index contributed by atoms with van der Waals surface area (Å²) in [5, 5.41) is 10.1. The van der Waals surface area contributed by atoms with E-state index in [0.29, 0.717) is 11.5 Å². The van der Waals surface area contributed by atoms with Gasteiger partial charge in [0.1, 0.15) is 5.69 Å². The highest BCUT2D eigenvalue weighted by atomic mass is 16.1. The lowest BCUT2D eigenvalue weighted by Crippen LogP contribution is -2.15. The maximum Gasteiger partial charge on any atom is 0.363 e. The van der Waals surface area contributed by atoms with Crippen LogP contribution in [0.2, 0.25) is 0 Å². The van der Waals surface area contributed by atoms with Gasteiger partial charge in [0.05, 0.1) is 6.21 Å². The minimum absolute atomic E-state index is 0.352. The molecule has 2 rings (SSSR count). The van der Waals surface area contributed by atoms with E-state index in [-0.39, 0.29) is 0 Å². The van der Waals surface area contributed by atoms with Gasteiger partial charge in [-0.1, -0.05) is 31.2 Å². The monoisotopic (exact) mass is 257 g/mol. The maximum atomic E-state index is 11.0. The molecule has 2 aromatic rings. The first kappa shape index (κ1) is 12.9. The lowest BCUT2D eigenvalue weighted by atomic mass is 10.1. The van der Waals surface area contributed by atoms with Crippen molar-refractivity contribution >= 4 is 12.0 Å². The van der Waals surface area contributed by atoms with Gasteiger partial charge in [0.15, 0.2) is 5.82 Å². The van der Waals surface area contributed by atoms with Gasteiger partial charge in [-0.15, -0.1) is 0 Å². The van der Waals surface area contributed by atoms with Crippen molar-refractivity contribution in [2.24, 2.45) is 5.10 Å². The number of hydrogen-bond donors (Lipinski definition) is 2. The van der Waals surface area contributed by atoms with Crippen LogP contribution in [0.25, 0.3) is 0 Å². The van der Waals surface area contributed by atoms with Crippen LogP contribution in [0.1, 0.15) is 23.7 Å². The third-order valence-corrected chi connectivity index (χ3v) is 2.65. The molecule has 0 bridgehead atoms. The first-order chi connectivity index (χ1) is 9.19. The Morgan fingerprint density at radius 3 is 2.79 bits per heavy atom. The third kappa shape index (κ3) is 3.48. The summed E-state index contributed by atoms with van der Waals surface area (Å²) >= 11 is 0. The molecule has 0 fully saturated rings. The van der Waals surface area contributed by atoms with Crippen LogP contribution >= 0.6 is 0 Å². The fourth-order valence-electron chi connectivity index (χ4n) is 1.51. The number of aryl methyl sites for hydroxylation is 2. The molecule has 0 unspecified atom stereocenters. The molecular formula is C13H15N5O. The van der Waals surface area contributed by atoms with Crippen molar-refractivity contribution in [1.29, 1.82) is 0 Å². The van der Waals surface area contributed by atoms with Crippen LogP contribution in [0.15, 0.2) is 34.2 Å². The second-order valence-corrected chi connectivity index (χ2v) is 4.04. The number of aromatic nitrogens is 3. The van der Waals surface area contributed by atoms with Crippen LogP contribution in [-0.2, 0) is 6.42 Å². The van der Waals surface area contributed by atoms with E-state index in [1.807, 2.05) is 12.1 Å². The van der Waals surface area contributed by atoms with Crippen LogP contribution in [-0.4, -0.2) is 21.4 Å². The molecule has 1 heterocycles. The quantitative estimate of drug-likeness (QED) is 0.642. The number of benzene rings is 1. The summed E-state index contributed by atoms with van der Waals surface area (Å²) in [6.07, 6.45) is 2.68. The standard InChI is InChI=1S/C13H15N5O/c1-3-10-4-6-11(7-5-10)8-14-17-12-9(2)16-18-13(19)15-12/h4-8H,3H2,1-2H3,(H2,15,17,18,19)/b14-8+. The normalized spacial score (nSPS) is 10.8. The predicted molar refractivity (Wildman–Crippen MR) is 74.4 cm³/mol. The van der Waals surface area contributed by atoms with E-state index in [9.17, 15) is 4.79 Å². The van der Waals surface area contributed by atoms with Gasteiger partial charge < -0.3 is 0 Å². The highest BCUT2D eigenvalue weighted by Crippen LogP contribution is 2.05. The van der Waals surface area contributed by atoms with Crippen LogP contribution in [0.5, 0.6) is 0 Å². The van der Waals surface area contributed by atoms with E-state index >= 15 is 0 Å². The maximum absolute atomic E-state index is 11.0. The van der Waals surface area contributed by atoms with Crippen molar-refractivity contribution in [2.75, 3.05) is 5.43 Å². The topological polar surface area (TPSA) is 83.0 Å². The number of nitrogens with zero attached hydrogens (tertiary/aromatic N) is 3. The molecule has 6 nitrogen and oxygen atoms in total. The number of hydrazone groups is 1. The largest absolute Gasteiger partial charge is 0.363 e. The molecule has 1 aromatic heterocycles. The van der Waals surface area contributed by atoms with Gasteiger partial charge in [-0.25, -0.2) is 9.89 Å². The average molecular weight is 257 g/mol. The molecule has 0 saturated carbocycles. The molecule has 6 heteroatoms. The zero-order chi connectivity index (χ0) is 13.7. The molecular weight excluding hydrogens is 242 g/mol. The first-order valence-corrected chi connectivity index (χ1v) is 6.00. The van der Waals surface area contributed by atoms with Crippen LogP contribution in [0.4, 0.5) is 5.82 Å². The fourth-order valence-corrected chi connectivity index (χ4v) is 1.51. The summed E-state index contributed by atoms with van der Waals surface area (Å²) in [6, 6.07) is 8.08. The predicted octanol–water partition coefficient (Wildman–Crippen LogP) is 1.48. The molecule has 0 aliphatic carbocycles. The fraction of sp³-hybridized carbons (Fsp3) is 0.231. The Labute approximate surface area is 110 Å². The van der Waals surface area contributed by atoms with Crippen molar-refractivity contribution in [3.8, 4) is 0 Å². The molecule has 2 N–H and O–H groups in total. The summed E-state index contributed by atoms with van der Waals surface area (Å²) < 4.78 is 0. The van der Waals surface area contributed by atoms with E-state index in [4.69, 9.17) is 0 Å². The summed E-state index contributed by atoms with van der Waals surface area (Å²) in [4.78, 5) is 14.8. The Morgan fingerprint density at radius 1 is 1.37 bits per heavy atom. The minimum Gasteiger partial charge on any atom is -0.260 e. The molecule has 0 radical (unpaired) electrons. The highest BCUT2D eigenvalue weighted by molar-refractivity contribution is 5.80. The van der Waals surface area contributed by atoms with E-state index < -0.39 is 5.69 Å². The Balaban J connectivity index is 2.06. The highest BCUT2D eigenvalue weighted by Gasteiger charge is 1.99. The van der Waals surface area contributed by atoms with E-state index in [1.54, 1.807) is 13.1 Å². The summed E-state index contributed by atoms with van der Waals surface area (Å²) in [5.74, 6) is 0.352. The van der Waals surface area contributed by atoms with Gasteiger partial charge in [-0.3, -0.25) is 5.43 Å². The van der Waals surface area contributed by atoms with Gasteiger partial charge in [-0.05, 0) is 24.5 Å². The lowest BCUT2D eigenvalue weighted by Gasteiger charge is -2.01. The molecule has 0 aliphatic rings. The number of hydrogen-bond acceptors (Lipinski definition) is 5. The number of H-pyrrole nitrogens is 1. The lowest BCUT2D eigenvalue weighted by molar-refractivity contribution is 0.879. The molecule has 1 aromatic carbocycles. The van der Waals surface area contributed by atoms with Gasteiger partial charge in [0.2, 0.25) is 0 Å². The zero-order valence-corrected chi connectivity index (χ0v) is 10.8. The summed E-state index contributed by atoms with van der Waals surface area (Å²) in [5.41, 5.74) is 5.04. The molecule has 0 spiro atoms. The Bertz CT molecular complexity index is 630. The average Bonchev–Trinajstić information content (AvgIpc) is 2.43. The third-order valence-electron chi connectivity index (χ3n) is 2.65. The van der Waals surface area contributed by atoms with Gasteiger partial charge >= 0.3 is 5.69 Å². The molecule has 0 aliphatic heterocycles. The Kier molecular flexibility index (Phi) is 4.02. The van der Waals surface area contributed by atoms with Crippen molar-refractivity contribution < 1.29 is 0 Å². The molecule has 19 heavy (non-hydrogen) atoms. The van der Waals surface area contributed by atoms with E-state index in [0.717, 1.165) is 12.0 Å². The Hall–Kier alpha value is -2.50. The number of aromatic amines is 1. The number of anilines is 1. The Morgan fingerprint density at radius 2 is 2.11 bits per heavy atom. The van der Waals surface area contributed by atoms with Crippen molar-refractivity contribution in [1.82, 2.24) is 15.2 Å². The van der Waals surface area contributed by atoms with E-state index in [1.165, 1.54) is 5.56 Å². The van der Waals surface area contributed by atoms with Gasteiger partial charge in [-0.2, -0.15) is 15.2 Å². The zero-order valence-electron chi connectivity index (χ0n) is 10.8. The van der Waals surface area contributed by atoms with Crippen LogP contribution in [0, 0.1) is 6.92 Å². The van der Waals surface area contributed by atoms with Crippen LogP contribution < -0.4 is 11.1 Å². The second kappa shape index (κ2) is 5.90. The van der Waals surface area contributed by atoms with Crippen molar-refractivity contribution in [3.63, 3.8) is 0 Å².